The molecule has 0 aliphatic carbocycles. The lowest BCUT2D eigenvalue weighted by Crippen LogP contribution is -2.18. The fourth-order valence-electron chi connectivity index (χ4n) is 2.31. The first-order valence-electron chi connectivity index (χ1n) is 7.62. The second-order valence-electron chi connectivity index (χ2n) is 5.35. The van der Waals surface area contributed by atoms with E-state index in [1.54, 1.807) is 24.4 Å². The Kier molecular flexibility index (Phi) is 4.99. The first-order chi connectivity index (χ1) is 12.5. The summed E-state index contributed by atoms with van der Waals surface area (Å²) in [4.78, 5) is 24.0. The van der Waals surface area contributed by atoms with Crippen LogP contribution in [0.1, 0.15) is 20.8 Å². The van der Waals surface area contributed by atoms with Crippen LogP contribution in [-0.2, 0) is 0 Å². The van der Waals surface area contributed by atoms with Crippen molar-refractivity contribution in [2.45, 2.75) is 0 Å². The van der Waals surface area contributed by atoms with Crippen LogP contribution in [0.15, 0.2) is 54.7 Å². The van der Waals surface area contributed by atoms with Gasteiger partial charge in [-0.1, -0.05) is 17.7 Å². The molecule has 0 radical (unpaired) electrons. The van der Waals surface area contributed by atoms with Crippen LogP contribution < -0.4 is 10.6 Å². The molecule has 3 aromatic rings. The predicted octanol–water partition coefficient (Wildman–Crippen LogP) is 3.28. The maximum absolute atomic E-state index is 13.3. The lowest BCUT2D eigenvalue weighted by Gasteiger charge is -2.07. The zero-order valence-electron chi connectivity index (χ0n) is 13.7. The van der Waals surface area contributed by atoms with Crippen molar-refractivity contribution >= 4 is 29.1 Å². The van der Waals surface area contributed by atoms with Crippen molar-refractivity contribution in [2.75, 3.05) is 12.4 Å². The largest absolute Gasteiger partial charge is 0.355 e. The molecule has 2 N–H and O–H groups in total. The van der Waals surface area contributed by atoms with Crippen LogP contribution in [0.2, 0.25) is 5.02 Å². The molecule has 1 aromatic heterocycles. The molecule has 0 saturated heterocycles. The first kappa shape index (κ1) is 17.6. The highest BCUT2D eigenvalue weighted by atomic mass is 35.5. The number of nitrogens with one attached hydrogen (secondary N) is 2. The number of aromatic nitrogens is 2. The molecule has 0 aliphatic rings. The molecule has 2 amide bonds. The highest BCUT2D eigenvalue weighted by Crippen LogP contribution is 2.21. The SMILES string of the molecule is CNC(=O)c1ccc(NC(=O)c2ccn(-c3cccc(F)c3)n2)cc1Cl. The Morgan fingerprint density at radius 1 is 1.12 bits per heavy atom. The number of hydrogen-bond donors (Lipinski definition) is 2. The third-order valence-corrected chi connectivity index (χ3v) is 3.91. The van der Waals surface area contributed by atoms with Gasteiger partial charge in [-0.25, -0.2) is 9.07 Å². The van der Waals surface area contributed by atoms with Gasteiger partial charge < -0.3 is 10.6 Å². The van der Waals surface area contributed by atoms with E-state index in [0.29, 0.717) is 16.9 Å². The molecule has 0 spiro atoms. The third-order valence-electron chi connectivity index (χ3n) is 3.59. The normalized spacial score (nSPS) is 10.4. The van der Waals surface area contributed by atoms with Gasteiger partial charge in [-0.2, -0.15) is 5.10 Å². The summed E-state index contributed by atoms with van der Waals surface area (Å²) in [6, 6.07) is 11.9. The maximum atomic E-state index is 13.3. The topological polar surface area (TPSA) is 76.0 Å². The minimum absolute atomic E-state index is 0.153. The van der Waals surface area contributed by atoms with E-state index >= 15 is 0 Å². The molecule has 0 atom stereocenters. The number of halogens is 2. The fraction of sp³-hybridized carbons (Fsp3) is 0.0556. The second-order valence-corrected chi connectivity index (χ2v) is 5.76. The van der Waals surface area contributed by atoms with Gasteiger partial charge in [-0.05, 0) is 42.5 Å². The number of amides is 2. The first-order valence-corrected chi connectivity index (χ1v) is 8.00. The monoisotopic (exact) mass is 372 g/mol. The number of nitrogens with zero attached hydrogens (tertiary/aromatic N) is 2. The quantitative estimate of drug-likeness (QED) is 0.738. The Morgan fingerprint density at radius 3 is 2.62 bits per heavy atom. The van der Waals surface area contributed by atoms with Gasteiger partial charge >= 0.3 is 0 Å². The summed E-state index contributed by atoms with van der Waals surface area (Å²) < 4.78 is 14.7. The fourth-order valence-corrected chi connectivity index (χ4v) is 2.58. The molecule has 26 heavy (non-hydrogen) atoms. The van der Waals surface area contributed by atoms with E-state index in [9.17, 15) is 14.0 Å². The van der Waals surface area contributed by atoms with E-state index in [1.165, 1.54) is 42.1 Å². The van der Waals surface area contributed by atoms with Crippen LogP contribution in [0.5, 0.6) is 0 Å². The number of benzene rings is 2. The number of hydrogen-bond acceptors (Lipinski definition) is 3. The zero-order chi connectivity index (χ0) is 18.7. The molecule has 0 aliphatic heterocycles. The summed E-state index contributed by atoms with van der Waals surface area (Å²) in [5.41, 5.74) is 1.39. The predicted molar refractivity (Wildman–Crippen MR) is 96.3 cm³/mol. The van der Waals surface area contributed by atoms with Crippen molar-refractivity contribution in [1.29, 1.82) is 0 Å². The van der Waals surface area contributed by atoms with Gasteiger partial charge in [0.15, 0.2) is 5.69 Å². The summed E-state index contributed by atoms with van der Waals surface area (Å²) in [5, 5.41) is 9.49. The van der Waals surface area contributed by atoms with E-state index in [0.717, 1.165) is 0 Å². The van der Waals surface area contributed by atoms with Gasteiger partial charge in [0.1, 0.15) is 5.82 Å². The van der Waals surface area contributed by atoms with Crippen LogP contribution in [0.25, 0.3) is 5.69 Å². The highest BCUT2D eigenvalue weighted by molar-refractivity contribution is 6.34. The smallest absolute Gasteiger partial charge is 0.276 e. The van der Waals surface area contributed by atoms with Gasteiger partial charge in [0, 0.05) is 18.9 Å². The molecule has 0 fully saturated rings. The van der Waals surface area contributed by atoms with Crippen molar-refractivity contribution < 1.29 is 14.0 Å². The Labute approximate surface area is 153 Å². The summed E-state index contributed by atoms with van der Waals surface area (Å²) in [7, 11) is 1.50. The molecular weight excluding hydrogens is 359 g/mol. The van der Waals surface area contributed by atoms with E-state index in [2.05, 4.69) is 15.7 Å². The number of carbonyl (C=O) groups excluding carboxylic acids is 2. The highest BCUT2D eigenvalue weighted by Gasteiger charge is 2.13. The van der Waals surface area contributed by atoms with Crippen molar-refractivity contribution in [2.24, 2.45) is 0 Å². The van der Waals surface area contributed by atoms with E-state index < -0.39 is 11.7 Å². The summed E-state index contributed by atoms with van der Waals surface area (Å²) in [5.74, 6) is -1.17. The van der Waals surface area contributed by atoms with Crippen LogP contribution in [0.3, 0.4) is 0 Å². The molecular formula is C18H14ClFN4O2. The Hall–Kier alpha value is -3.19. The average molecular weight is 373 g/mol. The van der Waals surface area contributed by atoms with Gasteiger partial charge in [-0.15, -0.1) is 0 Å². The summed E-state index contributed by atoms with van der Waals surface area (Å²) >= 11 is 6.06. The standard InChI is InChI=1S/C18H14ClFN4O2/c1-21-17(25)14-6-5-12(10-15(14)19)22-18(26)16-7-8-24(23-16)13-4-2-3-11(20)9-13/h2-10H,1H3,(H,21,25)(H,22,26). The van der Waals surface area contributed by atoms with Crippen molar-refractivity contribution in [3.63, 3.8) is 0 Å². The van der Waals surface area contributed by atoms with Gasteiger partial charge in [-0.3, -0.25) is 9.59 Å². The molecule has 8 heteroatoms. The molecule has 132 valence electrons. The second kappa shape index (κ2) is 7.37. The van der Waals surface area contributed by atoms with Crippen LogP contribution >= 0.6 is 11.6 Å². The van der Waals surface area contributed by atoms with Crippen molar-refractivity contribution in [3.8, 4) is 5.69 Å². The molecule has 0 saturated carbocycles. The average Bonchev–Trinajstić information content (AvgIpc) is 3.11. The third kappa shape index (κ3) is 3.73. The van der Waals surface area contributed by atoms with Gasteiger partial charge in [0.05, 0.1) is 16.3 Å². The molecule has 3 rings (SSSR count). The molecule has 2 aromatic carbocycles. The van der Waals surface area contributed by atoms with Gasteiger partial charge in [0.25, 0.3) is 11.8 Å². The Morgan fingerprint density at radius 2 is 1.92 bits per heavy atom. The van der Waals surface area contributed by atoms with Crippen LogP contribution in [0.4, 0.5) is 10.1 Å². The van der Waals surface area contributed by atoms with Crippen LogP contribution in [-0.4, -0.2) is 28.6 Å². The number of rotatable bonds is 4. The molecule has 0 bridgehead atoms. The van der Waals surface area contributed by atoms with E-state index in [4.69, 9.17) is 11.6 Å². The van der Waals surface area contributed by atoms with E-state index in [1.807, 2.05) is 0 Å². The minimum Gasteiger partial charge on any atom is -0.355 e. The van der Waals surface area contributed by atoms with Crippen molar-refractivity contribution in [3.05, 3.63) is 76.8 Å². The Balaban J connectivity index is 1.77. The molecule has 1 heterocycles. The zero-order valence-corrected chi connectivity index (χ0v) is 14.4. The lowest BCUT2D eigenvalue weighted by atomic mass is 10.2. The van der Waals surface area contributed by atoms with Crippen molar-refractivity contribution in [1.82, 2.24) is 15.1 Å². The molecule has 6 nitrogen and oxygen atoms in total. The minimum atomic E-state index is -0.455. The van der Waals surface area contributed by atoms with E-state index in [-0.39, 0.29) is 16.6 Å². The van der Waals surface area contributed by atoms with Crippen LogP contribution in [0, 0.1) is 5.82 Å². The Bertz CT molecular complexity index is 987. The van der Waals surface area contributed by atoms with Gasteiger partial charge in [0.2, 0.25) is 0 Å². The number of carbonyl (C=O) groups is 2. The lowest BCUT2D eigenvalue weighted by molar-refractivity contribution is 0.0962. The number of anilines is 1. The maximum Gasteiger partial charge on any atom is 0.276 e. The summed E-state index contributed by atoms with van der Waals surface area (Å²) in [6.45, 7) is 0. The molecule has 0 unspecified atom stereocenters. The summed E-state index contributed by atoms with van der Waals surface area (Å²) in [6.07, 6.45) is 1.56.